The van der Waals surface area contributed by atoms with Gasteiger partial charge in [-0.25, -0.2) is 0 Å². The fourth-order valence-corrected chi connectivity index (χ4v) is 2.97. The summed E-state index contributed by atoms with van der Waals surface area (Å²) in [5, 5.41) is 8.92. The second-order valence-corrected chi connectivity index (χ2v) is 5.15. The predicted octanol–water partition coefficient (Wildman–Crippen LogP) is 1.74. The van der Waals surface area contributed by atoms with Crippen molar-refractivity contribution in [3.8, 4) is 11.5 Å². The van der Waals surface area contributed by atoms with Gasteiger partial charge in [0.15, 0.2) is 11.5 Å². The molecule has 0 aromatic heterocycles. The van der Waals surface area contributed by atoms with Gasteiger partial charge in [-0.2, -0.15) is 0 Å². The molecule has 1 aliphatic rings. The quantitative estimate of drug-likeness (QED) is 0.879. The van der Waals surface area contributed by atoms with Crippen LogP contribution in [-0.2, 0) is 17.6 Å². The van der Waals surface area contributed by atoms with Gasteiger partial charge in [-0.1, -0.05) is 6.92 Å². The maximum Gasteiger partial charge on any atom is 0.320 e. The maximum atomic E-state index is 10.9. The summed E-state index contributed by atoms with van der Waals surface area (Å²) in [6.45, 7) is 3.02. The van der Waals surface area contributed by atoms with E-state index in [1.165, 1.54) is 0 Å². The topological polar surface area (TPSA) is 81.8 Å². The average Bonchev–Trinajstić information content (AvgIpc) is 2.39. The van der Waals surface area contributed by atoms with Gasteiger partial charge in [0, 0.05) is 0 Å². The first-order valence-electron chi connectivity index (χ1n) is 6.12. The standard InChI is InChI=1S/C13H16BrNO4/c1-2-8-7(5-9(15)13(16)17)6-10-12(11(8)14)19-4-3-18-10/h6,9H,2-5,15H2,1H3,(H,16,17). The van der Waals surface area contributed by atoms with Crippen LogP contribution in [0.2, 0.25) is 0 Å². The molecule has 0 saturated carbocycles. The van der Waals surface area contributed by atoms with E-state index in [1.54, 1.807) is 0 Å². The van der Waals surface area contributed by atoms with E-state index in [4.69, 9.17) is 20.3 Å². The van der Waals surface area contributed by atoms with Gasteiger partial charge < -0.3 is 20.3 Å². The lowest BCUT2D eigenvalue weighted by atomic mass is 9.98. The summed E-state index contributed by atoms with van der Waals surface area (Å²) in [4.78, 5) is 10.9. The monoisotopic (exact) mass is 329 g/mol. The van der Waals surface area contributed by atoms with Crippen LogP contribution < -0.4 is 15.2 Å². The lowest BCUT2D eigenvalue weighted by molar-refractivity contribution is -0.138. The first kappa shape index (κ1) is 14.1. The largest absolute Gasteiger partial charge is 0.486 e. The van der Waals surface area contributed by atoms with Crippen molar-refractivity contribution < 1.29 is 19.4 Å². The van der Waals surface area contributed by atoms with E-state index >= 15 is 0 Å². The number of fused-ring (bicyclic) bond motifs is 1. The first-order valence-corrected chi connectivity index (χ1v) is 6.92. The molecule has 1 atom stereocenters. The number of benzene rings is 1. The molecule has 0 spiro atoms. The van der Waals surface area contributed by atoms with E-state index in [0.717, 1.165) is 22.0 Å². The van der Waals surface area contributed by atoms with Crippen molar-refractivity contribution >= 4 is 21.9 Å². The van der Waals surface area contributed by atoms with E-state index in [1.807, 2.05) is 13.0 Å². The predicted molar refractivity (Wildman–Crippen MR) is 73.8 cm³/mol. The van der Waals surface area contributed by atoms with Crippen molar-refractivity contribution in [2.75, 3.05) is 13.2 Å². The molecule has 1 aromatic rings. The zero-order valence-corrected chi connectivity index (χ0v) is 12.2. The summed E-state index contributed by atoms with van der Waals surface area (Å²) in [5.41, 5.74) is 7.51. The number of carboxylic acids is 1. The van der Waals surface area contributed by atoms with Crippen LogP contribution in [-0.4, -0.2) is 30.3 Å². The number of nitrogens with two attached hydrogens (primary N) is 1. The maximum absolute atomic E-state index is 10.9. The van der Waals surface area contributed by atoms with Gasteiger partial charge in [0.05, 0.1) is 4.47 Å². The van der Waals surface area contributed by atoms with Gasteiger partial charge in [-0.3, -0.25) is 4.79 Å². The van der Waals surface area contributed by atoms with E-state index < -0.39 is 12.0 Å². The van der Waals surface area contributed by atoms with Crippen LogP contribution in [0.4, 0.5) is 0 Å². The van der Waals surface area contributed by atoms with Crippen molar-refractivity contribution in [3.63, 3.8) is 0 Å². The molecule has 0 saturated heterocycles. The van der Waals surface area contributed by atoms with Crippen LogP contribution in [0.1, 0.15) is 18.1 Å². The van der Waals surface area contributed by atoms with Crippen molar-refractivity contribution in [1.82, 2.24) is 0 Å². The molecule has 3 N–H and O–H groups in total. The Morgan fingerprint density at radius 3 is 2.84 bits per heavy atom. The van der Waals surface area contributed by atoms with E-state index in [2.05, 4.69) is 15.9 Å². The smallest absolute Gasteiger partial charge is 0.320 e. The molecule has 0 bridgehead atoms. The van der Waals surface area contributed by atoms with E-state index in [-0.39, 0.29) is 6.42 Å². The highest BCUT2D eigenvalue weighted by molar-refractivity contribution is 9.10. The third-order valence-corrected chi connectivity index (χ3v) is 3.92. The molecule has 0 amide bonds. The van der Waals surface area contributed by atoms with Gasteiger partial charge in [0.1, 0.15) is 19.3 Å². The van der Waals surface area contributed by atoms with Crippen LogP contribution in [0, 0.1) is 0 Å². The number of carboxylic acid groups (broad SMARTS) is 1. The van der Waals surface area contributed by atoms with Crippen molar-refractivity contribution in [1.29, 1.82) is 0 Å². The van der Waals surface area contributed by atoms with Gasteiger partial charge in [0.2, 0.25) is 0 Å². The molecule has 6 heteroatoms. The van der Waals surface area contributed by atoms with Crippen LogP contribution in [0.25, 0.3) is 0 Å². The van der Waals surface area contributed by atoms with Crippen LogP contribution >= 0.6 is 15.9 Å². The summed E-state index contributed by atoms with van der Waals surface area (Å²) in [6, 6.07) is 0.917. The molecule has 0 fully saturated rings. The highest BCUT2D eigenvalue weighted by Crippen LogP contribution is 2.42. The number of ether oxygens (including phenoxy) is 2. The summed E-state index contributed by atoms with van der Waals surface area (Å²) < 4.78 is 12.0. The highest BCUT2D eigenvalue weighted by Gasteiger charge is 2.23. The van der Waals surface area contributed by atoms with Gasteiger partial charge >= 0.3 is 5.97 Å². The van der Waals surface area contributed by atoms with Crippen molar-refractivity contribution in [2.45, 2.75) is 25.8 Å². The van der Waals surface area contributed by atoms with E-state index in [0.29, 0.717) is 24.7 Å². The molecule has 0 aliphatic carbocycles. The number of aliphatic carboxylic acids is 1. The zero-order chi connectivity index (χ0) is 14.0. The summed E-state index contributed by atoms with van der Waals surface area (Å²) in [5.74, 6) is 0.326. The molecular formula is C13H16BrNO4. The molecule has 0 radical (unpaired) electrons. The Bertz CT molecular complexity index is 504. The summed E-state index contributed by atoms with van der Waals surface area (Å²) >= 11 is 3.51. The zero-order valence-electron chi connectivity index (χ0n) is 10.6. The highest BCUT2D eigenvalue weighted by atomic mass is 79.9. The third kappa shape index (κ3) is 2.84. The summed E-state index contributed by atoms with van der Waals surface area (Å²) in [6.07, 6.45) is 1.03. The van der Waals surface area contributed by atoms with Crippen molar-refractivity contribution in [2.24, 2.45) is 5.73 Å². The SMILES string of the molecule is CCc1c(CC(N)C(=O)O)cc2c(c1Br)OCCO2. The lowest BCUT2D eigenvalue weighted by Gasteiger charge is -2.23. The van der Waals surface area contributed by atoms with Gasteiger partial charge in [-0.05, 0) is 46.0 Å². The Kier molecular flexibility index (Phi) is 4.31. The number of halogens is 1. The van der Waals surface area contributed by atoms with Gasteiger partial charge in [-0.15, -0.1) is 0 Å². The molecule has 1 aliphatic heterocycles. The number of hydrogen-bond acceptors (Lipinski definition) is 4. The molecule has 5 nitrogen and oxygen atoms in total. The van der Waals surface area contributed by atoms with Crippen molar-refractivity contribution in [3.05, 3.63) is 21.7 Å². The lowest BCUT2D eigenvalue weighted by Crippen LogP contribution is -2.32. The van der Waals surface area contributed by atoms with Crippen LogP contribution in [0.3, 0.4) is 0 Å². The first-order chi connectivity index (χ1) is 9.04. The Morgan fingerprint density at radius 1 is 1.53 bits per heavy atom. The van der Waals surface area contributed by atoms with Crippen LogP contribution in [0.5, 0.6) is 11.5 Å². The molecule has 19 heavy (non-hydrogen) atoms. The third-order valence-electron chi connectivity index (χ3n) is 3.08. The molecule has 1 aromatic carbocycles. The Hall–Kier alpha value is -1.27. The minimum atomic E-state index is -1.01. The Labute approximate surface area is 119 Å². The minimum absolute atomic E-state index is 0.272. The Morgan fingerprint density at radius 2 is 2.21 bits per heavy atom. The molecule has 1 unspecified atom stereocenters. The normalized spacial score (nSPS) is 15.1. The molecule has 104 valence electrons. The van der Waals surface area contributed by atoms with Gasteiger partial charge in [0.25, 0.3) is 0 Å². The fraction of sp³-hybridized carbons (Fsp3) is 0.462. The second kappa shape index (κ2) is 5.79. The molecular weight excluding hydrogens is 314 g/mol. The average molecular weight is 330 g/mol. The minimum Gasteiger partial charge on any atom is -0.486 e. The fourth-order valence-electron chi connectivity index (χ4n) is 2.12. The number of carbonyl (C=O) groups is 1. The van der Waals surface area contributed by atoms with Crippen LogP contribution in [0.15, 0.2) is 10.5 Å². The summed E-state index contributed by atoms with van der Waals surface area (Å²) in [7, 11) is 0. The Balaban J connectivity index is 2.42. The molecule has 1 heterocycles. The van der Waals surface area contributed by atoms with E-state index in [9.17, 15) is 4.79 Å². The molecule has 2 rings (SSSR count). The second-order valence-electron chi connectivity index (χ2n) is 4.35. The number of rotatable bonds is 4. The number of hydrogen-bond donors (Lipinski definition) is 2.